The summed E-state index contributed by atoms with van der Waals surface area (Å²) in [5, 5.41) is 2.76. The normalized spacial score (nSPS) is 13.7. The maximum absolute atomic E-state index is 13.0. The van der Waals surface area contributed by atoms with Gasteiger partial charge in [-0.05, 0) is 68.8 Å². The van der Waals surface area contributed by atoms with Gasteiger partial charge in [0.1, 0.15) is 6.29 Å². The number of carbonyl (C=O) groups excluding carboxylic acids is 2. The van der Waals surface area contributed by atoms with Crippen LogP contribution >= 0.6 is 0 Å². The van der Waals surface area contributed by atoms with Crippen molar-refractivity contribution in [2.24, 2.45) is 5.73 Å². The van der Waals surface area contributed by atoms with Crippen molar-refractivity contribution in [2.75, 3.05) is 12.4 Å². The molecule has 0 aliphatic heterocycles. The minimum absolute atomic E-state index is 0.0433. The maximum atomic E-state index is 13.0. The largest absolute Gasteiger partial charge is 0.416 e. The van der Waals surface area contributed by atoms with E-state index >= 15 is 0 Å². The molecule has 0 radical (unpaired) electrons. The van der Waals surface area contributed by atoms with E-state index in [1.165, 1.54) is 31.7 Å². The average molecular weight is 489 g/mol. The first-order chi connectivity index (χ1) is 16.7. The van der Waals surface area contributed by atoms with Gasteiger partial charge in [0.15, 0.2) is 0 Å². The van der Waals surface area contributed by atoms with E-state index in [-0.39, 0.29) is 11.6 Å². The number of aldehydes is 1. The van der Waals surface area contributed by atoms with Crippen LogP contribution in [-0.2, 0) is 11.0 Å². The summed E-state index contributed by atoms with van der Waals surface area (Å²) in [6.45, 7) is 5.08. The molecule has 0 saturated heterocycles. The second-order valence-corrected chi connectivity index (χ2v) is 7.99. The molecule has 1 aromatic heterocycles. The molecule has 0 spiro atoms. The van der Waals surface area contributed by atoms with Crippen LogP contribution in [0.1, 0.15) is 59.6 Å². The van der Waals surface area contributed by atoms with E-state index < -0.39 is 17.6 Å². The highest BCUT2D eigenvalue weighted by atomic mass is 19.4. The van der Waals surface area contributed by atoms with Crippen molar-refractivity contribution in [1.82, 2.24) is 9.55 Å². The molecular weight excluding hydrogens is 457 g/mol. The monoisotopic (exact) mass is 488 g/mol. The van der Waals surface area contributed by atoms with E-state index in [2.05, 4.69) is 22.6 Å². The van der Waals surface area contributed by atoms with Crippen LogP contribution in [0.4, 0.5) is 19.1 Å². The zero-order valence-corrected chi connectivity index (χ0v) is 19.9. The van der Waals surface area contributed by atoms with Crippen molar-refractivity contribution in [3.8, 4) is 0 Å². The molecule has 188 valence electrons. The number of benzene rings is 2. The Labute approximate surface area is 203 Å². The van der Waals surface area contributed by atoms with Gasteiger partial charge < -0.3 is 10.3 Å². The number of alkyl halides is 3. The minimum Gasteiger partial charge on any atom is -0.333 e. The predicted octanol–water partition coefficient (Wildman–Crippen LogP) is 6.07. The van der Waals surface area contributed by atoms with Crippen molar-refractivity contribution in [3.63, 3.8) is 0 Å². The highest BCUT2D eigenvalue weighted by molar-refractivity contribution is 6.04. The number of allylic oxidation sites excluding steroid dienone is 1. The summed E-state index contributed by atoms with van der Waals surface area (Å²) in [6.07, 6.45) is 2.73. The molecule has 4 rings (SSSR count). The van der Waals surface area contributed by atoms with Crippen LogP contribution in [0, 0.1) is 6.92 Å². The van der Waals surface area contributed by atoms with Crippen LogP contribution < -0.4 is 11.1 Å². The summed E-state index contributed by atoms with van der Waals surface area (Å²) >= 11 is 0. The second kappa shape index (κ2) is 12.9. The van der Waals surface area contributed by atoms with Crippen LogP contribution in [-0.4, -0.2) is 28.8 Å². The van der Waals surface area contributed by atoms with Crippen LogP contribution in [0.15, 0.2) is 55.1 Å². The number of fused-ring (bicyclic) bond motifs is 1. The summed E-state index contributed by atoms with van der Waals surface area (Å²) in [4.78, 5) is 26.4. The molecule has 1 fully saturated rings. The number of rotatable bonds is 4. The Morgan fingerprint density at radius 3 is 2.40 bits per heavy atom. The Bertz CT molecular complexity index is 1140. The Kier molecular flexibility index (Phi) is 10.2. The molecule has 9 heteroatoms. The van der Waals surface area contributed by atoms with Crippen molar-refractivity contribution in [3.05, 3.63) is 71.8 Å². The van der Waals surface area contributed by atoms with E-state index in [1.54, 1.807) is 0 Å². The Balaban J connectivity index is 0.000000655. The first kappa shape index (κ1) is 27.8. The molecule has 1 amide bonds. The standard InChI is InChI=1S/C22H22F3N3O.C3H4O.CH5N/c1-14-10-11-19-18(12-14)26-21(28(19)17-8-3-2-4-9-17)27-20(29)15-6-5-7-16(13-15)22(23,24)25;1-2-3-4;1-2/h5-7,10-13,17H,2-4,8-9H2,1H3,(H,26,27,29);2-3H,1H2;2H2,1H3. The quantitative estimate of drug-likeness (QED) is 0.345. The van der Waals surface area contributed by atoms with Crippen LogP contribution in [0.3, 0.4) is 0 Å². The number of aromatic nitrogens is 2. The van der Waals surface area contributed by atoms with Crippen molar-refractivity contribution in [1.29, 1.82) is 0 Å². The summed E-state index contributed by atoms with van der Waals surface area (Å²) in [5.41, 5.74) is 6.37. The summed E-state index contributed by atoms with van der Waals surface area (Å²) in [7, 11) is 1.50. The van der Waals surface area contributed by atoms with E-state index in [9.17, 15) is 18.0 Å². The zero-order chi connectivity index (χ0) is 26.0. The van der Waals surface area contributed by atoms with Crippen molar-refractivity contribution < 1.29 is 22.8 Å². The highest BCUT2D eigenvalue weighted by Crippen LogP contribution is 2.35. The van der Waals surface area contributed by atoms with Gasteiger partial charge in [-0.1, -0.05) is 38.0 Å². The highest BCUT2D eigenvalue weighted by Gasteiger charge is 2.31. The smallest absolute Gasteiger partial charge is 0.333 e. The lowest BCUT2D eigenvalue weighted by Crippen LogP contribution is -2.20. The number of aryl methyl sites for hydroxylation is 1. The summed E-state index contributed by atoms with van der Waals surface area (Å²) in [5.74, 6) is -0.208. The van der Waals surface area contributed by atoms with Crippen molar-refractivity contribution >= 4 is 29.2 Å². The molecule has 0 bridgehead atoms. The van der Waals surface area contributed by atoms with E-state index in [0.717, 1.165) is 54.4 Å². The van der Waals surface area contributed by atoms with Gasteiger partial charge in [0.25, 0.3) is 5.91 Å². The van der Waals surface area contributed by atoms with Gasteiger partial charge in [0.2, 0.25) is 5.95 Å². The molecular formula is C26H31F3N4O2. The third-order valence-electron chi connectivity index (χ3n) is 5.56. The number of nitrogens with one attached hydrogen (secondary N) is 1. The number of carbonyl (C=O) groups is 2. The topological polar surface area (TPSA) is 90.0 Å². The van der Waals surface area contributed by atoms with Crippen LogP contribution in [0.25, 0.3) is 11.0 Å². The number of nitrogens with zero attached hydrogens (tertiary/aromatic N) is 2. The Morgan fingerprint density at radius 1 is 1.14 bits per heavy atom. The molecule has 3 aromatic rings. The fraction of sp³-hybridized carbons (Fsp3) is 0.346. The Hall–Kier alpha value is -3.46. The number of imidazole rings is 1. The molecule has 1 aliphatic rings. The van der Waals surface area contributed by atoms with Gasteiger partial charge in [-0.3, -0.25) is 14.9 Å². The fourth-order valence-electron chi connectivity index (χ4n) is 4.02. The van der Waals surface area contributed by atoms with E-state index in [0.29, 0.717) is 12.2 Å². The average Bonchev–Trinajstić information content (AvgIpc) is 3.22. The molecule has 6 nitrogen and oxygen atoms in total. The lowest BCUT2D eigenvalue weighted by Gasteiger charge is -2.25. The number of nitrogens with two attached hydrogens (primary N) is 1. The fourth-order valence-corrected chi connectivity index (χ4v) is 4.02. The first-order valence-corrected chi connectivity index (χ1v) is 11.4. The molecule has 3 N–H and O–H groups in total. The van der Waals surface area contributed by atoms with Gasteiger partial charge in [0.05, 0.1) is 16.6 Å². The third-order valence-corrected chi connectivity index (χ3v) is 5.56. The first-order valence-electron chi connectivity index (χ1n) is 11.4. The molecule has 0 atom stereocenters. The molecule has 2 aromatic carbocycles. The van der Waals surface area contributed by atoms with Gasteiger partial charge in [0, 0.05) is 11.6 Å². The number of hydrogen-bond acceptors (Lipinski definition) is 4. The lowest BCUT2D eigenvalue weighted by molar-refractivity contribution is -0.137. The molecule has 0 unspecified atom stereocenters. The Morgan fingerprint density at radius 2 is 1.80 bits per heavy atom. The number of hydrogen-bond donors (Lipinski definition) is 2. The van der Waals surface area contributed by atoms with E-state index in [4.69, 9.17) is 4.79 Å². The number of halogens is 3. The molecule has 1 saturated carbocycles. The molecule has 1 heterocycles. The molecule has 1 aliphatic carbocycles. The van der Waals surface area contributed by atoms with Crippen LogP contribution in [0.2, 0.25) is 0 Å². The van der Waals surface area contributed by atoms with Gasteiger partial charge >= 0.3 is 6.18 Å². The maximum Gasteiger partial charge on any atom is 0.416 e. The van der Waals surface area contributed by atoms with Crippen molar-refractivity contribution in [2.45, 2.75) is 51.2 Å². The second-order valence-electron chi connectivity index (χ2n) is 7.99. The third kappa shape index (κ3) is 7.26. The summed E-state index contributed by atoms with van der Waals surface area (Å²) in [6, 6.07) is 10.6. The summed E-state index contributed by atoms with van der Waals surface area (Å²) < 4.78 is 41.0. The minimum atomic E-state index is -4.50. The number of anilines is 1. The van der Waals surface area contributed by atoms with Gasteiger partial charge in [-0.25, -0.2) is 4.98 Å². The lowest BCUT2D eigenvalue weighted by atomic mass is 9.95. The van der Waals surface area contributed by atoms with Gasteiger partial charge in [-0.2, -0.15) is 13.2 Å². The van der Waals surface area contributed by atoms with Crippen LogP contribution in [0.5, 0.6) is 0 Å². The number of amides is 1. The predicted molar refractivity (Wildman–Crippen MR) is 132 cm³/mol. The van der Waals surface area contributed by atoms with E-state index in [1.807, 2.05) is 29.7 Å². The zero-order valence-electron chi connectivity index (χ0n) is 19.9. The SMILES string of the molecule is C=CC=O.CN.Cc1ccc2c(c1)nc(NC(=O)c1cccc(C(F)(F)F)c1)n2C1CCCCC1. The molecule has 35 heavy (non-hydrogen) atoms. The van der Waals surface area contributed by atoms with Gasteiger partial charge in [-0.15, -0.1) is 0 Å².